The summed E-state index contributed by atoms with van der Waals surface area (Å²) in [6, 6.07) is 20.9. The minimum atomic E-state index is 0.192. The average Bonchev–Trinajstić information content (AvgIpc) is 2.70. The van der Waals surface area contributed by atoms with E-state index in [9.17, 15) is 4.79 Å². The van der Waals surface area contributed by atoms with Crippen LogP contribution in [0.2, 0.25) is 0 Å². The lowest BCUT2D eigenvalue weighted by Gasteiger charge is -2.35. The number of hydrogen-bond acceptors (Lipinski definition) is 2. The van der Waals surface area contributed by atoms with Crippen molar-refractivity contribution in [2.24, 2.45) is 5.92 Å². The predicted octanol–water partition coefficient (Wildman–Crippen LogP) is 4.43. The highest BCUT2D eigenvalue weighted by molar-refractivity contribution is 5.93. The Morgan fingerprint density at radius 1 is 1.12 bits per heavy atom. The number of hydrogen-bond donors (Lipinski definition) is 1. The predicted molar refractivity (Wildman–Crippen MR) is 108 cm³/mol. The average molecular weight is 351 g/mol. The van der Waals surface area contributed by atoms with Crippen LogP contribution in [0.15, 0.2) is 60.7 Å². The lowest BCUT2D eigenvalue weighted by molar-refractivity contribution is -0.118. The zero-order valence-electron chi connectivity index (χ0n) is 15.7. The van der Waals surface area contributed by atoms with Crippen molar-refractivity contribution in [1.82, 2.24) is 5.32 Å². The molecule has 2 aromatic rings. The van der Waals surface area contributed by atoms with Crippen LogP contribution in [0.4, 0.5) is 5.69 Å². The van der Waals surface area contributed by atoms with E-state index in [1.165, 1.54) is 18.4 Å². The summed E-state index contributed by atoms with van der Waals surface area (Å²) in [5.74, 6) is 0.842. The first-order chi connectivity index (χ1) is 12.8. The molecule has 2 unspecified atom stereocenters. The van der Waals surface area contributed by atoms with Gasteiger partial charge < -0.3 is 10.2 Å². The molecular weight excluding hydrogens is 320 g/mol. The first-order valence-electron chi connectivity index (χ1n) is 9.89. The Balaban J connectivity index is 1.88. The third-order valence-electron chi connectivity index (χ3n) is 5.29. The number of carbonyl (C=O) groups is 1. The Hall–Kier alpha value is -2.13. The van der Waals surface area contributed by atoms with E-state index in [1.807, 2.05) is 25.1 Å². The van der Waals surface area contributed by atoms with Gasteiger partial charge in [-0.2, -0.15) is 0 Å². The molecule has 138 valence electrons. The number of anilines is 1. The lowest BCUT2D eigenvalue weighted by atomic mass is 9.88. The number of nitrogens with zero attached hydrogens (tertiary/aromatic N) is 1. The first kappa shape index (κ1) is 18.7. The molecule has 1 heterocycles. The molecule has 1 fully saturated rings. The monoisotopic (exact) mass is 350 g/mol. The minimum Gasteiger partial charge on any atom is -0.316 e. The zero-order valence-corrected chi connectivity index (χ0v) is 15.7. The van der Waals surface area contributed by atoms with E-state index in [-0.39, 0.29) is 11.9 Å². The molecule has 0 saturated carbocycles. The number of piperidine rings is 1. The van der Waals surface area contributed by atoms with Crippen molar-refractivity contribution in [2.45, 2.75) is 45.1 Å². The van der Waals surface area contributed by atoms with Crippen LogP contribution in [-0.2, 0) is 11.2 Å². The van der Waals surface area contributed by atoms with E-state index in [0.29, 0.717) is 12.3 Å². The maximum atomic E-state index is 12.9. The van der Waals surface area contributed by atoms with Gasteiger partial charge in [-0.3, -0.25) is 4.79 Å². The number of amides is 1. The van der Waals surface area contributed by atoms with Crippen molar-refractivity contribution < 1.29 is 4.79 Å². The van der Waals surface area contributed by atoms with Gasteiger partial charge in [0.2, 0.25) is 5.91 Å². The van der Waals surface area contributed by atoms with Crippen LogP contribution in [0.25, 0.3) is 0 Å². The van der Waals surface area contributed by atoms with Crippen molar-refractivity contribution >= 4 is 11.6 Å². The Morgan fingerprint density at radius 3 is 2.42 bits per heavy atom. The van der Waals surface area contributed by atoms with Gasteiger partial charge in [0.15, 0.2) is 0 Å². The maximum absolute atomic E-state index is 12.9. The van der Waals surface area contributed by atoms with Crippen LogP contribution in [0.1, 0.15) is 38.2 Å². The normalized spacial score (nSPS) is 18.3. The Labute approximate surface area is 157 Å². The summed E-state index contributed by atoms with van der Waals surface area (Å²) < 4.78 is 0. The summed E-state index contributed by atoms with van der Waals surface area (Å²) in [6.07, 6.45) is 4.96. The highest BCUT2D eigenvalue weighted by atomic mass is 16.2. The number of carbonyl (C=O) groups excluding carboxylic acids is 1. The summed E-state index contributed by atoms with van der Waals surface area (Å²) in [6.45, 7) is 4.14. The van der Waals surface area contributed by atoms with Crippen LogP contribution >= 0.6 is 0 Å². The van der Waals surface area contributed by atoms with E-state index in [0.717, 1.165) is 31.6 Å². The fourth-order valence-corrected chi connectivity index (χ4v) is 3.99. The number of benzene rings is 2. The van der Waals surface area contributed by atoms with E-state index in [1.54, 1.807) is 0 Å². The fourth-order valence-electron chi connectivity index (χ4n) is 3.99. The molecule has 1 amide bonds. The summed E-state index contributed by atoms with van der Waals surface area (Å²) in [4.78, 5) is 15.0. The summed E-state index contributed by atoms with van der Waals surface area (Å²) in [5.41, 5.74) is 2.31. The second-order valence-electron chi connectivity index (χ2n) is 7.24. The zero-order chi connectivity index (χ0) is 18.2. The van der Waals surface area contributed by atoms with Gasteiger partial charge in [-0.15, -0.1) is 0 Å². The molecule has 0 radical (unpaired) electrons. The number of para-hydroxylation sites is 1. The molecule has 3 rings (SSSR count). The van der Waals surface area contributed by atoms with E-state index >= 15 is 0 Å². The second-order valence-corrected chi connectivity index (χ2v) is 7.24. The van der Waals surface area contributed by atoms with Gasteiger partial charge >= 0.3 is 0 Å². The molecule has 0 spiro atoms. The van der Waals surface area contributed by atoms with Crippen LogP contribution in [-0.4, -0.2) is 25.0 Å². The van der Waals surface area contributed by atoms with Crippen molar-refractivity contribution in [3.05, 3.63) is 66.2 Å². The van der Waals surface area contributed by atoms with Crippen molar-refractivity contribution in [3.8, 4) is 0 Å². The second kappa shape index (κ2) is 9.54. The SMILES string of the molecule is CCC(=O)N(c1ccccc1)C(Cc1ccccc1)CC1CCCNC1. The molecule has 2 aromatic carbocycles. The van der Waals surface area contributed by atoms with E-state index < -0.39 is 0 Å². The molecule has 0 aromatic heterocycles. The molecule has 26 heavy (non-hydrogen) atoms. The third-order valence-corrected chi connectivity index (χ3v) is 5.29. The number of nitrogens with one attached hydrogen (secondary N) is 1. The lowest BCUT2D eigenvalue weighted by Crippen LogP contribution is -2.44. The van der Waals surface area contributed by atoms with Crippen molar-refractivity contribution in [2.75, 3.05) is 18.0 Å². The molecule has 0 aliphatic carbocycles. The van der Waals surface area contributed by atoms with E-state index in [4.69, 9.17) is 0 Å². The molecule has 1 aliphatic heterocycles. The van der Waals surface area contributed by atoms with Gasteiger partial charge in [-0.1, -0.05) is 55.5 Å². The van der Waals surface area contributed by atoms with Crippen LogP contribution in [0.3, 0.4) is 0 Å². The minimum absolute atomic E-state index is 0.192. The van der Waals surface area contributed by atoms with Gasteiger partial charge in [-0.05, 0) is 62.4 Å². The smallest absolute Gasteiger partial charge is 0.226 e. The molecule has 1 N–H and O–H groups in total. The number of rotatable bonds is 7. The summed E-state index contributed by atoms with van der Waals surface area (Å²) >= 11 is 0. The topological polar surface area (TPSA) is 32.3 Å². The van der Waals surface area contributed by atoms with Crippen LogP contribution in [0, 0.1) is 5.92 Å². The highest BCUT2D eigenvalue weighted by Gasteiger charge is 2.28. The highest BCUT2D eigenvalue weighted by Crippen LogP contribution is 2.27. The third kappa shape index (κ3) is 4.95. The fraction of sp³-hybridized carbons (Fsp3) is 0.435. The van der Waals surface area contributed by atoms with Crippen LogP contribution in [0.5, 0.6) is 0 Å². The van der Waals surface area contributed by atoms with Gasteiger partial charge in [0.1, 0.15) is 0 Å². The molecule has 1 saturated heterocycles. The maximum Gasteiger partial charge on any atom is 0.226 e. The molecule has 1 aliphatic rings. The Kier molecular flexibility index (Phi) is 6.84. The van der Waals surface area contributed by atoms with Gasteiger partial charge in [0, 0.05) is 18.2 Å². The van der Waals surface area contributed by atoms with E-state index in [2.05, 4.69) is 52.7 Å². The quantitative estimate of drug-likeness (QED) is 0.801. The standard InChI is InChI=1S/C23H30N2O/c1-2-23(26)25(21-13-7-4-8-14-21)22(16-19-10-5-3-6-11-19)17-20-12-9-15-24-18-20/h3-8,10-11,13-14,20,22,24H,2,9,12,15-18H2,1H3. The Morgan fingerprint density at radius 2 is 1.81 bits per heavy atom. The van der Waals surface area contributed by atoms with Crippen LogP contribution < -0.4 is 10.2 Å². The first-order valence-corrected chi connectivity index (χ1v) is 9.89. The summed E-state index contributed by atoms with van der Waals surface area (Å²) in [7, 11) is 0. The van der Waals surface area contributed by atoms with Crippen molar-refractivity contribution in [1.29, 1.82) is 0 Å². The molecular formula is C23H30N2O. The Bertz CT molecular complexity index is 665. The molecule has 3 heteroatoms. The van der Waals surface area contributed by atoms with Gasteiger partial charge in [0.25, 0.3) is 0 Å². The summed E-state index contributed by atoms with van der Waals surface area (Å²) in [5, 5.41) is 3.52. The largest absolute Gasteiger partial charge is 0.316 e. The molecule has 0 bridgehead atoms. The van der Waals surface area contributed by atoms with Gasteiger partial charge in [-0.25, -0.2) is 0 Å². The van der Waals surface area contributed by atoms with Crippen molar-refractivity contribution in [3.63, 3.8) is 0 Å². The molecule has 3 nitrogen and oxygen atoms in total. The molecule has 2 atom stereocenters. The van der Waals surface area contributed by atoms with Gasteiger partial charge in [0.05, 0.1) is 0 Å².